The maximum absolute atomic E-state index is 6.19. The molecule has 0 amide bonds. The van der Waals surface area contributed by atoms with E-state index in [1.807, 2.05) is 12.1 Å². The van der Waals surface area contributed by atoms with Gasteiger partial charge in [-0.3, -0.25) is 4.90 Å². The zero-order valence-corrected chi connectivity index (χ0v) is 17.4. The highest BCUT2D eigenvalue weighted by molar-refractivity contribution is 5.91. The molecule has 1 aromatic heterocycles. The second-order valence-corrected chi connectivity index (χ2v) is 7.17. The summed E-state index contributed by atoms with van der Waals surface area (Å²) in [4.78, 5) is 11.4. The molecule has 3 aromatic rings. The first-order valence-electron chi connectivity index (χ1n) is 9.98. The van der Waals surface area contributed by atoms with Crippen LogP contribution in [0, 0.1) is 0 Å². The fraction of sp³-hybridized carbons (Fsp3) is 0.364. The van der Waals surface area contributed by atoms with Crippen molar-refractivity contribution in [1.29, 1.82) is 0 Å². The molecule has 3 N–H and O–H groups in total. The molecule has 0 unspecified atom stereocenters. The van der Waals surface area contributed by atoms with Gasteiger partial charge >= 0.3 is 0 Å². The first-order chi connectivity index (χ1) is 14.7. The van der Waals surface area contributed by atoms with Gasteiger partial charge in [-0.15, -0.1) is 0 Å². The van der Waals surface area contributed by atoms with Crippen LogP contribution < -0.4 is 20.5 Å². The number of hydrogen-bond acceptors (Lipinski definition) is 8. The van der Waals surface area contributed by atoms with E-state index in [2.05, 4.69) is 38.4 Å². The molecule has 1 saturated heterocycles. The maximum atomic E-state index is 6.19. The predicted molar refractivity (Wildman–Crippen MR) is 117 cm³/mol. The Morgan fingerprint density at radius 3 is 2.47 bits per heavy atom. The van der Waals surface area contributed by atoms with E-state index in [-0.39, 0.29) is 0 Å². The number of morpholine rings is 1. The Kier molecular flexibility index (Phi) is 6.15. The molecule has 1 fully saturated rings. The van der Waals surface area contributed by atoms with E-state index in [0.29, 0.717) is 35.3 Å². The number of nitrogen functional groups attached to an aromatic ring is 1. The summed E-state index contributed by atoms with van der Waals surface area (Å²) in [6.07, 6.45) is 0. The Morgan fingerprint density at radius 1 is 1.03 bits per heavy atom. The molecule has 158 valence electrons. The molecule has 2 heterocycles. The molecule has 8 nitrogen and oxygen atoms in total. The Bertz CT molecular complexity index is 1020. The fourth-order valence-corrected chi connectivity index (χ4v) is 3.62. The van der Waals surface area contributed by atoms with E-state index in [0.717, 1.165) is 38.2 Å². The molecule has 0 aliphatic carbocycles. The summed E-state index contributed by atoms with van der Waals surface area (Å²) in [5.41, 5.74) is 9.38. The van der Waals surface area contributed by atoms with Crippen LogP contribution in [0.4, 0.5) is 11.8 Å². The number of nitrogens with one attached hydrogen (secondary N) is 1. The number of nitrogens with zero attached hydrogens (tertiary/aromatic N) is 3. The zero-order chi connectivity index (χ0) is 20.9. The molecular weight excluding hydrogens is 382 g/mol. The third-order valence-electron chi connectivity index (χ3n) is 5.28. The second kappa shape index (κ2) is 9.15. The van der Waals surface area contributed by atoms with Gasteiger partial charge in [0.25, 0.3) is 0 Å². The third kappa shape index (κ3) is 4.39. The summed E-state index contributed by atoms with van der Waals surface area (Å²) < 4.78 is 16.2. The van der Waals surface area contributed by atoms with Crippen molar-refractivity contribution in [2.45, 2.75) is 13.1 Å². The Hall–Kier alpha value is -3.10. The van der Waals surface area contributed by atoms with Gasteiger partial charge in [-0.1, -0.05) is 24.3 Å². The lowest BCUT2D eigenvalue weighted by atomic mass is 10.1. The first kappa shape index (κ1) is 20.2. The number of methoxy groups -OCH3 is 2. The number of hydrogen-bond donors (Lipinski definition) is 2. The molecule has 2 aromatic carbocycles. The van der Waals surface area contributed by atoms with Gasteiger partial charge in [-0.2, -0.15) is 4.98 Å². The standard InChI is InChI=1S/C22H27N5O3/c1-28-19-11-17-18(12-20(19)29-2)25-22(26-21(17)23)24-13-15-5-3-4-6-16(15)14-27-7-9-30-10-8-27/h3-6,11-12H,7-10,13-14H2,1-2H3,(H3,23,24,25,26). The van der Waals surface area contributed by atoms with E-state index in [4.69, 9.17) is 19.9 Å². The Labute approximate surface area is 176 Å². The van der Waals surface area contributed by atoms with Crippen LogP contribution in [-0.2, 0) is 17.8 Å². The molecule has 0 saturated carbocycles. The minimum atomic E-state index is 0.394. The quantitative estimate of drug-likeness (QED) is 0.615. The van der Waals surface area contributed by atoms with Gasteiger partial charge < -0.3 is 25.3 Å². The minimum Gasteiger partial charge on any atom is -0.493 e. The smallest absolute Gasteiger partial charge is 0.225 e. The monoisotopic (exact) mass is 409 g/mol. The average molecular weight is 409 g/mol. The van der Waals surface area contributed by atoms with E-state index in [1.165, 1.54) is 11.1 Å². The minimum absolute atomic E-state index is 0.394. The SMILES string of the molecule is COc1cc2nc(NCc3ccccc3CN3CCOCC3)nc(N)c2cc1OC. The lowest BCUT2D eigenvalue weighted by molar-refractivity contribution is 0.0341. The van der Waals surface area contributed by atoms with Crippen LogP contribution in [0.3, 0.4) is 0 Å². The van der Waals surface area contributed by atoms with Crippen LogP contribution in [0.2, 0.25) is 0 Å². The first-order valence-corrected chi connectivity index (χ1v) is 9.98. The van der Waals surface area contributed by atoms with Crippen LogP contribution in [0.25, 0.3) is 10.9 Å². The summed E-state index contributed by atoms with van der Waals surface area (Å²) >= 11 is 0. The Balaban J connectivity index is 1.54. The van der Waals surface area contributed by atoms with Crippen molar-refractivity contribution < 1.29 is 14.2 Å². The van der Waals surface area contributed by atoms with Crippen molar-refractivity contribution in [2.75, 3.05) is 51.6 Å². The van der Waals surface area contributed by atoms with E-state index in [1.54, 1.807) is 20.3 Å². The lowest BCUT2D eigenvalue weighted by Crippen LogP contribution is -2.35. The van der Waals surface area contributed by atoms with Gasteiger partial charge in [0.05, 0.1) is 33.0 Å². The molecular formula is C22H27N5O3. The largest absolute Gasteiger partial charge is 0.493 e. The molecule has 0 spiro atoms. The van der Waals surface area contributed by atoms with Crippen molar-refractivity contribution in [2.24, 2.45) is 0 Å². The van der Waals surface area contributed by atoms with Gasteiger partial charge in [0.1, 0.15) is 5.82 Å². The third-order valence-corrected chi connectivity index (χ3v) is 5.28. The number of rotatable bonds is 7. The van der Waals surface area contributed by atoms with Crippen LogP contribution in [0.15, 0.2) is 36.4 Å². The normalized spacial score (nSPS) is 14.6. The van der Waals surface area contributed by atoms with E-state index >= 15 is 0 Å². The zero-order valence-electron chi connectivity index (χ0n) is 17.4. The molecule has 0 atom stereocenters. The summed E-state index contributed by atoms with van der Waals surface area (Å²) in [6.45, 7) is 5.00. The van der Waals surface area contributed by atoms with Crippen LogP contribution in [0.5, 0.6) is 11.5 Å². The van der Waals surface area contributed by atoms with Gasteiger partial charge in [0.15, 0.2) is 11.5 Å². The van der Waals surface area contributed by atoms with Crippen LogP contribution in [-0.4, -0.2) is 55.4 Å². The highest BCUT2D eigenvalue weighted by Gasteiger charge is 2.14. The summed E-state index contributed by atoms with van der Waals surface area (Å²) in [5.74, 6) is 2.07. The lowest BCUT2D eigenvalue weighted by Gasteiger charge is -2.27. The number of aromatic nitrogens is 2. The van der Waals surface area contributed by atoms with Crippen molar-refractivity contribution in [3.63, 3.8) is 0 Å². The predicted octanol–water partition coefficient (Wildman–Crippen LogP) is 2.67. The number of ether oxygens (including phenoxy) is 3. The highest BCUT2D eigenvalue weighted by Crippen LogP contribution is 2.33. The fourth-order valence-electron chi connectivity index (χ4n) is 3.62. The average Bonchev–Trinajstić information content (AvgIpc) is 2.78. The van der Waals surface area contributed by atoms with Gasteiger partial charge in [-0.25, -0.2) is 4.98 Å². The summed E-state index contributed by atoms with van der Waals surface area (Å²) in [5, 5.41) is 4.05. The molecule has 1 aliphatic heterocycles. The molecule has 8 heteroatoms. The molecule has 0 bridgehead atoms. The van der Waals surface area contributed by atoms with Crippen molar-refractivity contribution in [3.05, 3.63) is 47.5 Å². The van der Waals surface area contributed by atoms with Crippen molar-refractivity contribution in [3.8, 4) is 11.5 Å². The van der Waals surface area contributed by atoms with Crippen LogP contribution >= 0.6 is 0 Å². The van der Waals surface area contributed by atoms with Gasteiger partial charge in [0.2, 0.25) is 5.95 Å². The number of nitrogens with two attached hydrogens (primary N) is 1. The summed E-state index contributed by atoms with van der Waals surface area (Å²) in [7, 11) is 3.18. The number of anilines is 2. The van der Waals surface area contributed by atoms with Gasteiger partial charge in [-0.05, 0) is 17.2 Å². The van der Waals surface area contributed by atoms with Gasteiger partial charge in [0, 0.05) is 37.6 Å². The van der Waals surface area contributed by atoms with Crippen molar-refractivity contribution in [1.82, 2.24) is 14.9 Å². The highest BCUT2D eigenvalue weighted by atomic mass is 16.5. The van der Waals surface area contributed by atoms with E-state index in [9.17, 15) is 0 Å². The maximum Gasteiger partial charge on any atom is 0.225 e. The summed E-state index contributed by atoms with van der Waals surface area (Å²) in [6, 6.07) is 12.0. The van der Waals surface area contributed by atoms with Crippen molar-refractivity contribution >= 4 is 22.7 Å². The number of fused-ring (bicyclic) bond motifs is 1. The molecule has 4 rings (SSSR count). The molecule has 30 heavy (non-hydrogen) atoms. The van der Waals surface area contributed by atoms with E-state index < -0.39 is 0 Å². The molecule has 1 aliphatic rings. The van der Waals surface area contributed by atoms with Crippen LogP contribution in [0.1, 0.15) is 11.1 Å². The number of benzene rings is 2. The topological polar surface area (TPSA) is 94.8 Å². The Morgan fingerprint density at radius 2 is 1.73 bits per heavy atom. The molecule has 0 radical (unpaired) electrons. The second-order valence-electron chi connectivity index (χ2n) is 7.17.